The van der Waals surface area contributed by atoms with Crippen molar-refractivity contribution in [1.29, 1.82) is 0 Å². The number of aromatic nitrogens is 2. The molecule has 1 unspecified atom stereocenters. The highest BCUT2D eigenvalue weighted by Gasteiger charge is 2.21. The third-order valence-corrected chi connectivity index (χ3v) is 4.26. The number of nitrogens with two attached hydrogens (primary N) is 1. The monoisotopic (exact) mass is 303 g/mol. The van der Waals surface area contributed by atoms with Gasteiger partial charge in [0, 0.05) is 11.5 Å². The Morgan fingerprint density at radius 3 is 3.00 bits per heavy atom. The average molecular weight is 304 g/mol. The van der Waals surface area contributed by atoms with Crippen LogP contribution in [0.25, 0.3) is 0 Å². The number of thioether (sulfide) groups is 1. The van der Waals surface area contributed by atoms with Crippen molar-refractivity contribution >= 4 is 33.5 Å². The fraction of sp³-hybridized carbons (Fsp3) is 0.600. The van der Waals surface area contributed by atoms with E-state index in [0.717, 1.165) is 34.7 Å². The Hall–Kier alpha value is -0.330. The van der Waals surface area contributed by atoms with Crippen molar-refractivity contribution in [2.45, 2.75) is 19.4 Å². The van der Waals surface area contributed by atoms with Gasteiger partial charge in [-0.05, 0) is 22.4 Å². The molecule has 0 spiro atoms. The van der Waals surface area contributed by atoms with Crippen LogP contribution in [-0.2, 0) is 11.2 Å². The van der Waals surface area contributed by atoms with Gasteiger partial charge in [0.15, 0.2) is 5.82 Å². The van der Waals surface area contributed by atoms with Crippen LogP contribution in [0.3, 0.4) is 0 Å². The van der Waals surface area contributed by atoms with Crippen molar-refractivity contribution in [3.63, 3.8) is 0 Å². The van der Waals surface area contributed by atoms with E-state index in [1.807, 2.05) is 18.7 Å². The molecule has 2 rings (SSSR count). The van der Waals surface area contributed by atoms with Crippen LogP contribution >= 0.6 is 27.7 Å². The topological polar surface area (TPSA) is 61.0 Å². The highest BCUT2D eigenvalue weighted by Crippen LogP contribution is 2.28. The predicted molar refractivity (Wildman–Crippen MR) is 69.5 cm³/mol. The molecule has 2 N–H and O–H groups in total. The lowest BCUT2D eigenvalue weighted by Crippen LogP contribution is -2.19. The fourth-order valence-corrected chi connectivity index (χ4v) is 2.85. The van der Waals surface area contributed by atoms with Gasteiger partial charge < -0.3 is 10.5 Å². The molecule has 16 heavy (non-hydrogen) atoms. The first kappa shape index (κ1) is 12.1. The summed E-state index contributed by atoms with van der Waals surface area (Å²) in [5.41, 5.74) is 6.79. The number of hydrogen-bond donors (Lipinski definition) is 1. The lowest BCUT2D eigenvalue weighted by Gasteiger charge is -2.21. The number of rotatable bonds is 2. The average Bonchev–Trinajstić information content (AvgIpc) is 2.33. The summed E-state index contributed by atoms with van der Waals surface area (Å²) < 4.78 is 6.45. The van der Waals surface area contributed by atoms with Gasteiger partial charge in [-0.1, -0.05) is 6.92 Å². The summed E-state index contributed by atoms with van der Waals surface area (Å²) >= 11 is 5.27. The van der Waals surface area contributed by atoms with Gasteiger partial charge in [0.05, 0.1) is 16.8 Å². The van der Waals surface area contributed by atoms with Gasteiger partial charge in [0.1, 0.15) is 11.9 Å². The number of nitrogens with zero attached hydrogens (tertiary/aromatic N) is 2. The van der Waals surface area contributed by atoms with Gasteiger partial charge in [-0.25, -0.2) is 9.97 Å². The zero-order valence-corrected chi connectivity index (χ0v) is 11.5. The zero-order valence-electron chi connectivity index (χ0n) is 9.07. The smallest absolute Gasteiger partial charge is 0.160 e. The van der Waals surface area contributed by atoms with Crippen molar-refractivity contribution in [3.8, 4) is 0 Å². The highest BCUT2D eigenvalue weighted by atomic mass is 79.9. The van der Waals surface area contributed by atoms with Gasteiger partial charge in [-0.2, -0.15) is 11.8 Å². The van der Waals surface area contributed by atoms with Gasteiger partial charge >= 0.3 is 0 Å². The van der Waals surface area contributed by atoms with Gasteiger partial charge in [-0.3, -0.25) is 0 Å². The van der Waals surface area contributed by atoms with Gasteiger partial charge in [0.2, 0.25) is 0 Å². The molecule has 0 aromatic carbocycles. The summed E-state index contributed by atoms with van der Waals surface area (Å²) in [5, 5.41) is 0. The van der Waals surface area contributed by atoms with E-state index >= 15 is 0 Å². The Kier molecular flexibility index (Phi) is 4.05. The standard InChI is InChI=1S/C10H14BrN3OS/c1-2-6-8(11)9(12)14-10(13-6)7-5-16-4-3-15-7/h7H,2-5H2,1H3,(H2,12,13,14). The summed E-state index contributed by atoms with van der Waals surface area (Å²) in [4.78, 5) is 8.79. The summed E-state index contributed by atoms with van der Waals surface area (Å²) in [6.45, 7) is 2.81. The minimum Gasteiger partial charge on any atom is -0.383 e. The summed E-state index contributed by atoms with van der Waals surface area (Å²) in [5.74, 6) is 3.17. The molecular formula is C10H14BrN3OS. The minimum atomic E-state index is -0.0144. The number of anilines is 1. The Labute approximate surface area is 107 Å². The molecular weight excluding hydrogens is 290 g/mol. The summed E-state index contributed by atoms with van der Waals surface area (Å²) in [7, 11) is 0. The van der Waals surface area contributed by atoms with Crippen LogP contribution in [0.2, 0.25) is 0 Å². The molecule has 1 aromatic heterocycles. The Morgan fingerprint density at radius 1 is 1.56 bits per heavy atom. The Balaban J connectivity index is 2.29. The van der Waals surface area contributed by atoms with Gasteiger partial charge in [0.25, 0.3) is 0 Å². The normalized spacial score (nSPS) is 21.0. The number of ether oxygens (including phenoxy) is 1. The number of halogens is 1. The molecule has 1 fully saturated rings. The molecule has 0 bridgehead atoms. The molecule has 0 amide bonds. The highest BCUT2D eigenvalue weighted by molar-refractivity contribution is 9.10. The van der Waals surface area contributed by atoms with E-state index in [1.165, 1.54) is 0 Å². The van der Waals surface area contributed by atoms with E-state index in [-0.39, 0.29) is 6.10 Å². The molecule has 0 aliphatic carbocycles. The number of nitrogen functional groups attached to an aromatic ring is 1. The quantitative estimate of drug-likeness (QED) is 0.907. The maximum Gasteiger partial charge on any atom is 0.160 e. The van der Waals surface area contributed by atoms with E-state index in [9.17, 15) is 0 Å². The van der Waals surface area contributed by atoms with E-state index in [1.54, 1.807) is 0 Å². The second-order valence-corrected chi connectivity index (χ2v) is 5.46. The summed E-state index contributed by atoms with van der Waals surface area (Å²) in [6.07, 6.45) is 0.819. The van der Waals surface area contributed by atoms with E-state index in [4.69, 9.17) is 10.5 Å². The minimum absolute atomic E-state index is 0.0144. The first-order chi connectivity index (χ1) is 7.72. The molecule has 6 heteroatoms. The molecule has 88 valence electrons. The molecule has 0 radical (unpaired) electrons. The van der Waals surface area contributed by atoms with Crippen LogP contribution in [0.4, 0.5) is 5.82 Å². The lowest BCUT2D eigenvalue weighted by molar-refractivity contribution is 0.0693. The maximum absolute atomic E-state index is 5.84. The van der Waals surface area contributed by atoms with Crippen LogP contribution in [0.15, 0.2) is 4.47 Å². The van der Waals surface area contributed by atoms with E-state index < -0.39 is 0 Å². The SMILES string of the molecule is CCc1nc(C2CSCCO2)nc(N)c1Br. The molecule has 1 aliphatic heterocycles. The third kappa shape index (κ3) is 2.49. The molecule has 1 aliphatic rings. The second-order valence-electron chi connectivity index (χ2n) is 3.52. The van der Waals surface area contributed by atoms with Crippen LogP contribution in [-0.4, -0.2) is 28.1 Å². The second kappa shape index (κ2) is 5.33. The van der Waals surface area contributed by atoms with Crippen molar-refractivity contribution < 1.29 is 4.74 Å². The maximum atomic E-state index is 5.84. The van der Waals surface area contributed by atoms with Crippen molar-refractivity contribution in [2.24, 2.45) is 0 Å². The largest absolute Gasteiger partial charge is 0.383 e. The third-order valence-electron chi connectivity index (χ3n) is 2.40. The molecule has 0 saturated carbocycles. The van der Waals surface area contributed by atoms with Crippen LogP contribution in [0.5, 0.6) is 0 Å². The Morgan fingerprint density at radius 2 is 2.38 bits per heavy atom. The molecule has 1 saturated heterocycles. The number of hydrogen-bond acceptors (Lipinski definition) is 5. The first-order valence-electron chi connectivity index (χ1n) is 5.23. The lowest BCUT2D eigenvalue weighted by atomic mass is 10.3. The van der Waals surface area contributed by atoms with Crippen molar-refractivity contribution in [2.75, 3.05) is 23.8 Å². The van der Waals surface area contributed by atoms with Crippen molar-refractivity contribution in [3.05, 3.63) is 16.0 Å². The van der Waals surface area contributed by atoms with E-state index in [2.05, 4.69) is 25.9 Å². The van der Waals surface area contributed by atoms with Gasteiger partial charge in [-0.15, -0.1) is 0 Å². The van der Waals surface area contributed by atoms with Crippen LogP contribution in [0, 0.1) is 0 Å². The fourth-order valence-electron chi connectivity index (χ4n) is 1.55. The number of aryl methyl sites for hydroxylation is 1. The predicted octanol–water partition coefficient (Wildman–Crippen LogP) is 2.19. The molecule has 1 aromatic rings. The van der Waals surface area contributed by atoms with Crippen molar-refractivity contribution in [1.82, 2.24) is 9.97 Å². The molecule has 4 nitrogen and oxygen atoms in total. The van der Waals surface area contributed by atoms with Crippen LogP contribution in [0.1, 0.15) is 24.5 Å². The van der Waals surface area contributed by atoms with E-state index in [0.29, 0.717) is 11.6 Å². The zero-order chi connectivity index (χ0) is 11.5. The first-order valence-corrected chi connectivity index (χ1v) is 7.18. The molecule has 1 atom stereocenters. The van der Waals surface area contributed by atoms with Crippen LogP contribution < -0.4 is 5.73 Å². The summed E-state index contributed by atoms with van der Waals surface area (Å²) in [6, 6.07) is 0. The molecule has 2 heterocycles. The Bertz CT molecular complexity index is 383.